The molecular weight excluding hydrogens is 210 g/mol. The van der Waals surface area contributed by atoms with E-state index in [1.165, 1.54) is 0 Å². The maximum absolute atomic E-state index is 11.0. The third-order valence-electron chi connectivity index (χ3n) is 2.31. The van der Waals surface area contributed by atoms with E-state index in [2.05, 4.69) is 10.3 Å². The molecule has 2 heterocycles. The number of pyridine rings is 1. The summed E-state index contributed by atoms with van der Waals surface area (Å²) >= 11 is 1.60. The summed E-state index contributed by atoms with van der Waals surface area (Å²) < 4.78 is 0. The van der Waals surface area contributed by atoms with Crippen molar-refractivity contribution in [2.45, 2.75) is 23.9 Å². The molecule has 3 N–H and O–H groups in total. The number of nitrogens with one attached hydrogen (secondary N) is 1. The average molecular weight is 223 g/mol. The van der Waals surface area contributed by atoms with Crippen LogP contribution in [0.25, 0.3) is 0 Å². The molecule has 1 aromatic rings. The van der Waals surface area contributed by atoms with Crippen LogP contribution in [0.4, 0.5) is 5.69 Å². The van der Waals surface area contributed by atoms with E-state index in [0.717, 1.165) is 17.2 Å². The topological polar surface area (TPSA) is 68.0 Å². The predicted octanol–water partition coefficient (Wildman–Crippen LogP) is 1.03. The third-order valence-corrected chi connectivity index (χ3v) is 3.49. The van der Waals surface area contributed by atoms with Gasteiger partial charge in [-0.1, -0.05) is 0 Å². The number of carbonyl (C=O) groups is 1. The normalized spacial score (nSPS) is 20.3. The quantitative estimate of drug-likeness (QED) is 0.751. The van der Waals surface area contributed by atoms with E-state index in [1.807, 2.05) is 12.1 Å². The zero-order valence-electron chi connectivity index (χ0n) is 8.27. The summed E-state index contributed by atoms with van der Waals surface area (Å²) in [7, 11) is 0. The van der Waals surface area contributed by atoms with Gasteiger partial charge >= 0.3 is 0 Å². The number of aromatic nitrogens is 1. The summed E-state index contributed by atoms with van der Waals surface area (Å²) in [6, 6.07) is 3.92. The first kappa shape index (κ1) is 10.3. The average Bonchev–Trinajstić information content (AvgIpc) is 2.63. The molecule has 2 rings (SSSR count). The lowest BCUT2D eigenvalue weighted by atomic mass is 10.2. The first-order valence-electron chi connectivity index (χ1n) is 4.88. The van der Waals surface area contributed by atoms with Crippen molar-refractivity contribution in [3.05, 3.63) is 18.3 Å². The molecule has 1 amide bonds. The van der Waals surface area contributed by atoms with Gasteiger partial charge in [0.05, 0.1) is 5.69 Å². The van der Waals surface area contributed by atoms with Crippen LogP contribution >= 0.6 is 11.8 Å². The molecule has 4 nitrogen and oxygen atoms in total. The summed E-state index contributed by atoms with van der Waals surface area (Å²) in [5, 5.41) is 3.76. The molecule has 5 heteroatoms. The van der Waals surface area contributed by atoms with Crippen molar-refractivity contribution in [2.24, 2.45) is 0 Å². The Kier molecular flexibility index (Phi) is 3.11. The lowest BCUT2D eigenvalue weighted by Gasteiger charge is -2.09. The standard InChI is InChI=1S/C10H13N3OS/c11-8-2-1-5-12-10(8)15-6-7-3-4-9(14)13-7/h1-2,5,7H,3-4,6,11H2,(H,13,14). The highest BCUT2D eigenvalue weighted by Gasteiger charge is 2.20. The van der Waals surface area contributed by atoms with Gasteiger partial charge in [0.2, 0.25) is 5.91 Å². The Hall–Kier alpha value is -1.23. The number of anilines is 1. The number of nitrogen functional groups attached to an aromatic ring is 1. The molecule has 0 aromatic carbocycles. The largest absolute Gasteiger partial charge is 0.397 e. The Labute approximate surface area is 92.6 Å². The molecule has 1 aliphatic heterocycles. The number of thioether (sulfide) groups is 1. The fraction of sp³-hybridized carbons (Fsp3) is 0.400. The summed E-state index contributed by atoms with van der Waals surface area (Å²) in [6.07, 6.45) is 3.29. The molecular formula is C10H13N3OS. The van der Waals surface area contributed by atoms with Gasteiger partial charge in [0, 0.05) is 24.4 Å². The van der Waals surface area contributed by atoms with Crippen LogP contribution in [-0.2, 0) is 4.79 Å². The Morgan fingerprint density at radius 2 is 2.53 bits per heavy atom. The maximum atomic E-state index is 11.0. The Balaban J connectivity index is 1.88. The van der Waals surface area contributed by atoms with Crippen molar-refractivity contribution in [2.75, 3.05) is 11.5 Å². The van der Waals surface area contributed by atoms with E-state index in [9.17, 15) is 4.79 Å². The van der Waals surface area contributed by atoms with E-state index in [4.69, 9.17) is 5.73 Å². The smallest absolute Gasteiger partial charge is 0.220 e. The number of nitrogens with two attached hydrogens (primary N) is 1. The van der Waals surface area contributed by atoms with Crippen LogP contribution in [0.5, 0.6) is 0 Å². The van der Waals surface area contributed by atoms with Gasteiger partial charge < -0.3 is 11.1 Å². The second-order valence-corrected chi connectivity index (χ2v) is 4.52. The van der Waals surface area contributed by atoms with Crippen molar-refractivity contribution in [1.82, 2.24) is 10.3 Å². The highest BCUT2D eigenvalue weighted by molar-refractivity contribution is 7.99. The molecule has 0 aliphatic carbocycles. The Morgan fingerprint density at radius 3 is 3.20 bits per heavy atom. The number of amides is 1. The second-order valence-electron chi connectivity index (χ2n) is 3.51. The van der Waals surface area contributed by atoms with Crippen LogP contribution in [0.2, 0.25) is 0 Å². The van der Waals surface area contributed by atoms with Gasteiger partial charge in [0.1, 0.15) is 5.03 Å². The maximum Gasteiger partial charge on any atom is 0.220 e. The van der Waals surface area contributed by atoms with Crippen molar-refractivity contribution >= 4 is 23.4 Å². The SMILES string of the molecule is Nc1cccnc1SCC1CCC(=O)N1. The number of rotatable bonds is 3. The zero-order chi connectivity index (χ0) is 10.7. The van der Waals surface area contributed by atoms with E-state index in [0.29, 0.717) is 12.1 Å². The van der Waals surface area contributed by atoms with Crippen LogP contribution in [-0.4, -0.2) is 22.7 Å². The molecule has 1 fully saturated rings. The molecule has 0 spiro atoms. The number of hydrogen-bond donors (Lipinski definition) is 2. The van der Waals surface area contributed by atoms with Crippen molar-refractivity contribution < 1.29 is 4.79 Å². The molecule has 0 bridgehead atoms. The molecule has 1 aliphatic rings. The zero-order valence-corrected chi connectivity index (χ0v) is 9.09. The molecule has 1 aromatic heterocycles. The summed E-state index contributed by atoms with van der Waals surface area (Å²) in [5.74, 6) is 0.988. The summed E-state index contributed by atoms with van der Waals surface area (Å²) in [6.45, 7) is 0. The van der Waals surface area contributed by atoms with E-state index in [1.54, 1.807) is 18.0 Å². The van der Waals surface area contributed by atoms with Gasteiger partial charge in [0.15, 0.2) is 0 Å². The molecule has 1 saturated heterocycles. The predicted molar refractivity (Wildman–Crippen MR) is 60.5 cm³/mol. The minimum atomic E-state index is 0.148. The Bertz CT molecular complexity index is 369. The van der Waals surface area contributed by atoms with Crippen LogP contribution in [0.3, 0.4) is 0 Å². The molecule has 1 unspecified atom stereocenters. The minimum absolute atomic E-state index is 0.148. The van der Waals surface area contributed by atoms with Crippen LogP contribution in [0, 0.1) is 0 Å². The molecule has 80 valence electrons. The highest BCUT2D eigenvalue weighted by Crippen LogP contribution is 2.24. The molecule has 1 atom stereocenters. The number of nitrogens with zero attached hydrogens (tertiary/aromatic N) is 1. The second kappa shape index (κ2) is 4.53. The summed E-state index contributed by atoms with van der Waals surface area (Å²) in [5.41, 5.74) is 6.46. The molecule has 15 heavy (non-hydrogen) atoms. The molecule has 0 saturated carbocycles. The third kappa shape index (κ3) is 2.62. The monoisotopic (exact) mass is 223 g/mol. The first-order chi connectivity index (χ1) is 7.25. The fourth-order valence-corrected chi connectivity index (χ4v) is 2.48. The lowest BCUT2D eigenvalue weighted by Crippen LogP contribution is -2.27. The van der Waals surface area contributed by atoms with Crippen LogP contribution in [0.15, 0.2) is 23.4 Å². The minimum Gasteiger partial charge on any atom is -0.397 e. The van der Waals surface area contributed by atoms with E-state index < -0.39 is 0 Å². The van der Waals surface area contributed by atoms with Crippen molar-refractivity contribution in [1.29, 1.82) is 0 Å². The fourth-order valence-electron chi connectivity index (χ4n) is 1.51. The Morgan fingerprint density at radius 1 is 1.67 bits per heavy atom. The lowest BCUT2D eigenvalue weighted by molar-refractivity contribution is -0.119. The van der Waals surface area contributed by atoms with Gasteiger partial charge in [-0.25, -0.2) is 4.98 Å². The highest BCUT2D eigenvalue weighted by atomic mass is 32.2. The number of carbonyl (C=O) groups excluding carboxylic acids is 1. The van der Waals surface area contributed by atoms with Crippen LogP contribution in [0.1, 0.15) is 12.8 Å². The van der Waals surface area contributed by atoms with E-state index >= 15 is 0 Å². The molecule has 0 radical (unpaired) electrons. The van der Waals surface area contributed by atoms with Crippen LogP contribution < -0.4 is 11.1 Å². The van der Waals surface area contributed by atoms with Gasteiger partial charge in [-0.05, 0) is 18.6 Å². The van der Waals surface area contributed by atoms with Gasteiger partial charge in [-0.15, -0.1) is 11.8 Å². The van der Waals surface area contributed by atoms with Crippen molar-refractivity contribution in [3.8, 4) is 0 Å². The van der Waals surface area contributed by atoms with Crippen molar-refractivity contribution in [3.63, 3.8) is 0 Å². The summed E-state index contributed by atoms with van der Waals surface area (Å²) in [4.78, 5) is 15.2. The van der Waals surface area contributed by atoms with Gasteiger partial charge in [0.25, 0.3) is 0 Å². The van der Waals surface area contributed by atoms with Gasteiger partial charge in [-0.3, -0.25) is 4.79 Å². The number of hydrogen-bond acceptors (Lipinski definition) is 4. The van der Waals surface area contributed by atoms with E-state index in [-0.39, 0.29) is 11.9 Å². The van der Waals surface area contributed by atoms with Gasteiger partial charge in [-0.2, -0.15) is 0 Å². The first-order valence-corrected chi connectivity index (χ1v) is 5.87.